The summed E-state index contributed by atoms with van der Waals surface area (Å²) < 4.78 is 0. The van der Waals surface area contributed by atoms with E-state index in [0.29, 0.717) is 17.5 Å². The number of aliphatic imine (C=N–C) groups is 2. The minimum atomic E-state index is 0.186. The molecule has 0 aliphatic carbocycles. The average Bonchev–Trinajstić information content (AvgIpc) is 2.82. The Bertz CT molecular complexity index is 1200. The zero-order valence-corrected chi connectivity index (χ0v) is 18.7. The van der Waals surface area contributed by atoms with Crippen LogP contribution in [0.25, 0.3) is 0 Å². The number of phenols is 2. The van der Waals surface area contributed by atoms with Crippen molar-refractivity contribution in [2.24, 2.45) is 9.98 Å². The van der Waals surface area contributed by atoms with Crippen molar-refractivity contribution < 1.29 is 10.2 Å². The maximum Gasteiger partial charge on any atom is 0.124 e. The van der Waals surface area contributed by atoms with Crippen molar-refractivity contribution in [1.29, 1.82) is 0 Å². The van der Waals surface area contributed by atoms with E-state index < -0.39 is 0 Å². The monoisotopic (exact) mass is 434 g/mol. The van der Waals surface area contributed by atoms with Gasteiger partial charge in [0, 0.05) is 23.6 Å². The second kappa shape index (κ2) is 9.96. The first-order chi connectivity index (χ1) is 16.0. The van der Waals surface area contributed by atoms with Gasteiger partial charge in [-0.3, -0.25) is 9.98 Å². The Balaban J connectivity index is 1.52. The molecule has 2 N–H and O–H groups in total. The molecule has 0 aliphatic heterocycles. The molecule has 33 heavy (non-hydrogen) atoms. The van der Waals surface area contributed by atoms with E-state index >= 15 is 0 Å². The molecule has 4 rings (SSSR count). The maximum absolute atomic E-state index is 10.3. The highest BCUT2D eigenvalue weighted by Gasteiger charge is 2.05. The number of hydrogen-bond donors (Lipinski definition) is 2. The lowest BCUT2D eigenvalue weighted by atomic mass is 10.0. The molecule has 0 radical (unpaired) electrons. The quantitative estimate of drug-likeness (QED) is 0.328. The van der Waals surface area contributed by atoms with E-state index in [0.717, 1.165) is 22.5 Å². The van der Waals surface area contributed by atoms with Gasteiger partial charge in [-0.05, 0) is 79.9 Å². The highest BCUT2D eigenvalue weighted by atomic mass is 16.3. The van der Waals surface area contributed by atoms with Crippen molar-refractivity contribution in [1.82, 2.24) is 0 Å². The second-order valence-corrected chi connectivity index (χ2v) is 8.15. The third kappa shape index (κ3) is 5.95. The van der Waals surface area contributed by atoms with Crippen LogP contribution in [0, 0.1) is 13.8 Å². The van der Waals surface area contributed by atoms with Gasteiger partial charge >= 0.3 is 0 Å². The molecule has 0 spiro atoms. The van der Waals surface area contributed by atoms with Gasteiger partial charge in [0.25, 0.3) is 0 Å². The molecule has 4 nitrogen and oxygen atoms in total. The lowest BCUT2D eigenvalue weighted by Gasteiger charge is -2.07. The molecule has 4 heteroatoms. The molecule has 0 aromatic heterocycles. The molecule has 0 saturated carbocycles. The van der Waals surface area contributed by atoms with E-state index in [9.17, 15) is 10.2 Å². The van der Waals surface area contributed by atoms with E-state index in [1.807, 2.05) is 86.6 Å². The highest BCUT2D eigenvalue weighted by molar-refractivity contribution is 5.86. The molecule has 0 amide bonds. The molecule has 0 unspecified atom stereocenters. The molecule has 4 aromatic carbocycles. The zero-order valence-electron chi connectivity index (χ0n) is 18.7. The van der Waals surface area contributed by atoms with Gasteiger partial charge in [-0.25, -0.2) is 0 Å². The van der Waals surface area contributed by atoms with Crippen LogP contribution < -0.4 is 0 Å². The first kappa shape index (κ1) is 22.0. The van der Waals surface area contributed by atoms with E-state index in [1.54, 1.807) is 24.6 Å². The molecular weight excluding hydrogens is 408 g/mol. The standard InChI is InChI=1S/C29H26N2O2/c1-20-3-9-26(10-4-20)30-18-24-16-22(7-13-28(24)32)15-23-8-14-29(33)25(17-23)19-31-27-11-5-21(2)6-12-27/h3-14,16-19,32-33H,15H2,1-2H3. The number of aromatic hydroxyl groups is 2. The zero-order chi connectivity index (χ0) is 23.2. The van der Waals surface area contributed by atoms with Gasteiger partial charge in [0.1, 0.15) is 11.5 Å². The van der Waals surface area contributed by atoms with Gasteiger partial charge < -0.3 is 10.2 Å². The predicted octanol–water partition coefficient (Wildman–Crippen LogP) is 6.81. The van der Waals surface area contributed by atoms with E-state index in [1.165, 1.54) is 11.1 Å². The summed E-state index contributed by atoms with van der Waals surface area (Å²) in [6.07, 6.45) is 4.01. The molecule has 0 aliphatic rings. The first-order valence-corrected chi connectivity index (χ1v) is 10.8. The maximum atomic E-state index is 10.3. The molecular formula is C29H26N2O2. The van der Waals surface area contributed by atoms with Crippen molar-refractivity contribution in [2.45, 2.75) is 20.3 Å². The lowest BCUT2D eigenvalue weighted by molar-refractivity contribution is 0.474. The minimum Gasteiger partial charge on any atom is -0.507 e. The van der Waals surface area contributed by atoms with Crippen LogP contribution in [0.4, 0.5) is 11.4 Å². The Kier molecular flexibility index (Phi) is 6.65. The SMILES string of the molecule is Cc1ccc(N=Cc2cc(Cc3ccc(O)c(C=Nc4ccc(C)cc4)c3)ccc2O)cc1. The van der Waals surface area contributed by atoms with Crippen molar-refractivity contribution in [3.63, 3.8) is 0 Å². The largest absolute Gasteiger partial charge is 0.507 e. The molecule has 0 fully saturated rings. The first-order valence-electron chi connectivity index (χ1n) is 10.8. The van der Waals surface area contributed by atoms with Gasteiger partial charge in [-0.15, -0.1) is 0 Å². The van der Waals surface area contributed by atoms with Gasteiger partial charge in [-0.2, -0.15) is 0 Å². The number of nitrogens with zero attached hydrogens (tertiary/aromatic N) is 2. The number of rotatable bonds is 6. The minimum absolute atomic E-state index is 0.186. The fourth-order valence-electron chi connectivity index (χ4n) is 3.42. The van der Waals surface area contributed by atoms with Gasteiger partial charge in [0.05, 0.1) is 11.4 Å². The van der Waals surface area contributed by atoms with Crippen LogP contribution in [0.1, 0.15) is 33.4 Å². The summed E-state index contributed by atoms with van der Waals surface area (Å²) in [5.74, 6) is 0.373. The normalized spacial score (nSPS) is 11.5. The summed E-state index contributed by atoms with van der Waals surface area (Å²) in [5, 5.41) is 20.5. The van der Waals surface area contributed by atoms with Gasteiger partial charge in [-0.1, -0.05) is 47.5 Å². The summed E-state index contributed by atoms with van der Waals surface area (Å²) in [6, 6.07) is 26.8. The lowest BCUT2D eigenvalue weighted by Crippen LogP contribution is -1.93. The second-order valence-electron chi connectivity index (χ2n) is 8.15. The van der Waals surface area contributed by atoms with Crippen molar-refractivity contribution >= 4 is 23.8 Å². The van der Waals surface area contributed by atoms with Crippen LogP contribution in [0.5, 0.6) is 11.5 Å². The number of benzene rings is 4. The summed E-state index contributed by atoms with van der Waals surface area (Å²) in [6.45, 7) is 4.07. The van der Waals surface area contributed by atoms with Crippen LogP contribution in [-0.2, 0) is 6.42 Å². The highest BCUT2D eigenvalue weighted by Crippen LogP contribution is 2.23. The van der Waals surface area contributed by atoms with Crippen LogP contribution in [0.2, 0.25) is 0 Å². The summed E-state index contributed by atoms with van der Waals surface area (Å²) >= 11 is 0. The number of phenolic OH excluding ortho intramolecular Hbond substituents is 2. The smallest absolute Gasteiger partial charge is 0.124 e. The topological polar surface area (TPSA) is 65.2 Å². The van der Waals surface area contributed by atoms with Crippen LogP contribution >= 0.6 is 0 Å². The average molecular weight is 435 g/mol. The Morgan fingerprint density at radius 1 is 0.576 bits per heavy atom. The Morgan fingerprint density at radius 2 is 0.970 bits per heavy atom. The number of hydrogen-bond acceptors (Lipinski definition) is 4. The van der Waals surface area contributed by atoms with E-state index in [4.69, 9.17) is 0 Å². The Hall–Kier alpha value is -4.18. The third-order valence-corrected chi connectivity index (χ3v) is 5.37. The molecule has 0 saturated heterocycles. The van der Waals surface area contributed by atoms with Crippen molar-refractivity contribution in [3.8, 4) is 11.5 Å². The molecule has 4 aromatic rings. The van der Waals surface area contributed by atoms with Crippen LogP contribution in [-0.4, -0.2) is 22.6 Å². The van der Waals surface area contributed by atoms with E-state index in [-0.39, 0.29) is 11.5 Å². The third-order valence-electron chi connectivity index (χ3n) is 5.37. The fraction of sp³-hybridized carbons (Fsp3) is 0.103. The van der Waals surface area contributed by atoms with Crippen molar-refractivity contribution in [2.75, 3.05) is 0 Å². The molecule has 0 bridgehead atoms. The summed E-state index contributed by atoms with van der Waals surface area (Å²) in [5.41, 5.74) is 7.41. The van der Waals surface area contributed by atoms with Crippen molar-refractivity contribution in [3.05, 3.63) is 118 Å². The molecule has 164 valence electrons. The van der Waals surface area contributed by atoms with Gasteiger partial charge in [0.2, 0.25) is 0 Å². The molecule has 0 heterocycles. The fourth-order valence-corrected chi connectivity index (χ4v) is 3.42. The van der Waals surface area contributed by atoms with E-state index in [2.05, 4.69) is 9.98 Å². The Morgan fingerprint density at radius 3 is 1.36 bits per heavy atom. The van der Waals surface area contributed by atoms with Crippen LogP contribution in [0.15, 0.2) is 94.9 Å². The number of aryl methyl sites for hydroxylation is 2. The van der Waals surface area contributed by atoms with Gasteiger partial charge in [0.15, 0.2) is 0 Å². The molecule has 0 atom stereocenters. The Labute approximate surface area is 194 Å². The van der Waals surface area contributed by atoms with Crippen LogP contribution in [0.3, 0.4) is 0 Å². The summed E-state index contributed by atoms with van der Waals surface area (Å²) in [4.78, 5) is 8.95. The predicted molar refractivity (Wildman–Crippen MR) is 136 cm³/mol. The summed E-state index contributed by atoms with van der Waals surface area (Å²) in [7, 11) is 0.